The number of ether oxygens (including phenoxy) is 1. The van der Waals surface area contributed by atoms with E-state index in [-0.39, 0.29) is 13.0 Å². The fraction of sp³-hybridized carbons (Fsp3) is 0.600. The number of aromatic amines is 1. The highest BCUT2D eigenvalue weighted by atomic mass is 31.2. The molecule has 1 aliphatic rings. The summed E-state index contributed by atoms with van der Waals surface area (Å²) in [4.78, 5) is 42.9. The van der Waals surface area contributed by atoms with Crippen LogP contribution >= 0.6 is 7.60 Å². The molecule has 9 heteroatoms. The first-order valence-corrected chi connectivity index (χ1v) is 7.46. The quantitative estimate of drug-likeness (QED) is 0.647. The van der Waals surface area contributed by atoms with Crippen LogP contribution in [-0.4, -0.2) is 31.3 Å². The number of aryl methyl sites for hydroxylation is 1. The highest BCUT2D eigenvalue weighted by Gasteiger charge is 2.37. The first kappa shape index (κ1) is 14.2. The normalized spacial score (nSPS) is 23.7. The lowest BCUT2D eigenvalue weighted by molar-refractivity contribution is 0.0606. The van der Waals surface area contributed by atoms with Crippen molar-refractivity contribution in [1.82, 2.24) is 9.55 Å². The Hall–Kier alpha value is -1.21. The van der Waals surface area contributed by atoms with E-state index in [0.717, 1.165) is 0 Å². The molecule has 106 valence electrons. The van der Waals surface area contributed by atoms with Crippen LogP contribution < -0.4 is 11.2 Å². The maximum Gasteiger partial charge on any atom is 0.354 e. The maximum atomic E-state index is 11.6. The highest BCUT2D eigenvalue weighted by Crippen LogP contribution is 2.47. The molecule has 0 aromatic carbocycles. The molecule has 2 atom stereocenters. The van der Waals surface area contributed by atoms with E-state index in [1.807, 2.05) is 0 Å². The summed E-state index contributed by atoms with van der Waals surface area (Å²) >= 11 is 0. The molecule has 2 unspecified atom stereocenters. The van der Waals surface area contributed by atoms with Gasteiger partial charge in [-0.05, 0) is 19.8 Å². The van der Waals surface area contributed by atoms with Crippen LogP contribution in [-0.2, 0) is 15.8 Å². The zero-order valence-electron chi connectivity index (χ0n) is 10.3. The zero-order valence-corrected chi connectivity index (χ0v) is 11.2. The van der Waals surface area contributed by atoms with Crippen LogP contribution in [0.3, 0.4) is 0 Å². The van der Waals surface area contributed by atoms with Gasteiger partial charge in [0.05, 0.1) is 12.6 Å². The fourth-order valence-corrected chi connectivity index (χ4v) is 2.86. The second-order valence-corrected chi connectivity index (χ2v) is 6.36. The minimum atomic E-state index is -4.25. The second kappa shape index (κ2) is 5.05. The number of nitrogens with zero attached hydrogens (tertiary/aromatic N) is 1. The molecule has 1 aromatic heterocycles. The summed E-state index contributed by atoms with van der Waals surface area (Å²) in [6, 6.07) is 0. The van der Waals surface area contributed by atoms with Gasteiger partial charge in [0.15, 0.2) is 5.85 Å². The monoisotopic (exact) mass is 290 g/mol. The average Bonchev–Trinajstić information content (AvgIpc) is 2.74. The molecule has 1 aromatic rings. The van der Waals surface area contributed by atoms with Gasteiger partial charge < -0.3 is 14.5 Å². The lowest BCUT2D eigenvalue weighted by Crippen LogP contribution is -2.33. The topological polar surface area (TPSA) is 122 Å². The third-order valence-corrected chi connectivity index (χ3v) is 4.18. The number of rotatable bonds is 3. The Morgan fingerprint density at radius 1 is 1.47 bits per heavy atom. The standard InChI is InChI=1S/C10H15N2O6P/c1-6-4-12(10(14)11-9(6)13)5-7-2-3-8(18-7)19(15,16)17/h4,7-8H,2-3,5H2,1H3,(H,11,13,14)(H2,15,16,17). The molecular formula is C10H15N2O6P. The van der Waals surface area contributed by atoms with Crippen LogP contribution in [0.25, 0.3) is 0 Å². The summed E-state index contributed by atoms with van der Waals surface area (Å²) < 4.78 is 17.6. The van der Waals surface area contributed by atoms with E-state index >= 15 is 0 Å². The Bertz CT molecular complexity index is 630. The third kappa shape index (κ3) is 3.22. The molecule has 0 bridgehead atoms. The largest absolute Gasteiger partial charge is 0.360 e. The van der Waals surface area contributed by atoms with Crippen LogP contribution in [0.4, 0.5) is 0 Å². The maximum absolute atomic E-state index is 11.6. The molecule has 1 saturated heterocycles. The van der Waals surface area contributed by atoms with Crippen molar-refractivity contribution in [3.63, 3.8) is 0 Å². The number of H-pyrrole nitrogens is 1. The van der Waals surface area contributed by atoms with Crippen LogP contribution in [0, 0.1) is 6.92 Å². The molecule has 1 fully saturated rings. The van der Waals surface area contributed by atoms with Gasteiger partial charge in [-0.15, -0.1) is 0 Å². The molecule has 1 aliphatic heterocycles. The lowest BCUT2D eigenvalue weighted by Gasteiger charge is -2.15. The Labute approximate surface area is 108 Å². The van der Waals surface area contributed by atoms with E-state index in [1.54, 1.807) is 6.92 Å². The van der Waals surface area contributed by atoms with Crippen molar-refractivity contribution in [2.45, 2.75) is 38.3 Å². The summed E-state index contributed by atoms with van der Waals surface area (Å²) in [5.74, 6) is -1.10. The summed E-state index contributed by atoms with van der Waals surface area (Å²) in [7, 11) is -4.25. The summed E-state index contributed by atoms with van der Waals surface area (Å²) in [5, 5.41) is 0. The van der Waals surface area contributed by atoms with Crippen molar-refractivity contribution < 1.29 is 19.1 Å². The van der Waals surface area contributed by atoms with Gasteiger partial charge in [-0.2, -0.15) is 0 Å². The molecule has 0 amide bonds. The first-order chi connectivity index (χ1) is 8.77. The van der Waals surface area contributed by atoms with Gasteiger partial charge in [0.1, 0.15) is 0 Å². The molecule has 19 heavy (non-hydrogen) atoms. The molecule has 2 rings (SSSR count). The predicted octanol–water partition coefficient (Wildman–Crippen LogP) is -0.472. The van der Waals surface area contributed by atoms with E-state index in [0.29, 0.717) is 12.0 Å². The molecule has 0 saturated carbocycles. The van der Waals surface area contributed by atoms with E-state index in [2.05, 4.69) is 4.98 Å². The molecule has 0 spiro atoms. The number of hydrogen-bond donors (Lipinski definition) is 3. The third-order valence-electron chi connectivity index (χ3n) is 3.05. The Balaban J connectivity index is 2.12. The van der Waals surface area contributed by atoms with E-state index in [1.165, 1.54) is 10.8 Å². The van der Waals surface area contributed by atoms with Gasteiger partial charge in [-0.25, -0.2) is 4.79 Å². The zero-order chi connectivity index (χ0) is 14.2. The number of hydrogen-bond acceptors (Lipinski definition) is 4. The average molecular weight is 290 g/mol. The first-order valence-electron chi connectivity index (χ1n) is 5.78. The SMILES string of the molecule is Cc1cn(CC2CCC(P(=O)(O)O)O2)c(=O)[nH]c1=O. The van der Waals surface area contributed by atoms with Gasteiger partial charge in [0.2, 0.25) is 0 Å². The van der Waals surface area contributed by atoms with Crippen molar-refractivity contribution >= 4 is 7.60 Å². The van der Waals surface area contributed by atoms with Gasteiger partial charge in [0.25, 0.3) is 5.56 Å². The Kier molecular flexibility index (Phi) is 3.78. The van der Waals surface area contributed by atoms with Crippen LogP contribution in [0.5, 0.6) is 0 Å². The molecule has 0 radical (unpaired) electrons. The van der Waals surface area contributed by atoms with Crippen molar-refractivity contribution in [2.75, 3.05) is 0 Å². The minimum Gasteiger partial charge on any atom is -0.360 e. The minimum absolute atomic E-state index is 0.160. The van der Waals surface area contributed by atoms with Crippen molar-refractivity contribution in [3.8, 4) is 0 Å². The molecular weight excluding hydrogens is 275 g/mol. The smallest absolute Gasteiger partial charge is 0.354 e. The van der Waals surface area contributed by atoms with Gasteiger partial charge in [-0.1, -0.05) is 0 Å². The highest BCUT2D eigenvalue weighted by molar-refractivity contribution is 7.52. The van der Waals surface area contributed by atoms with E-state index in [4.69, 9.17) is 14.5 Å². The second-order valence-electron chi connectivity index (χ2n) is 4.60. The van der Waals surface area contributed by atoms with E-state index in [9.17, 15) is 14.2 Å². The summed E-state index contributed by atoms with van der Waals surface area (Å²) in [6.07, 6.45) is 1.68. The number of aromatic nitrogens is 2. The van der Waals surface area contributed by atoms with Gasteiger partial charge in [0, 0.05) is 11.8 Å². The van der Waals surface area contributed by atoms with Crippen molar-refractivity contribution in [1.29, 1.82) is 0 Å². The van der Waals surface area contributed by atoms with Crippen molar-refractivity contribution in [3.05, 3.63) is 32.6 Å². The number of nitrogens with one attached hydrogen (secondary N) is 1. The van der Waals surface area contributed by atoms with Gasteiger partial charge in [-0.3, -0.25) is 18.9 Å². The van der Waals surface area contributed by atoms with E-state index < -0.39 is 30.8 Å². The summed E-state index contributed by atoms with van der Waals surface area (Å²) in [6.45, 7) is 1.73. The van der Waals surface area contributed by atoms with Crippen LogP contribution in [0.2, 0.25) is 0 Å². The molecule has 3 N–H and O–H groups in total. The van der Waals surface area contributed by atoms with Crippen LogP contribution in [0.1, 0.15) is 18.4 Å². The van der Waals surface area contributed by atoms with Crippen LogP contribution in [0.15, 0.2) is 15.8 Å². The molecule has 2 heterocycles. The van der Waals surface area contributed by atoms with Gasteiger partial charge >= 0.3 is 13.3 Å². The Morgan fingerprint density at radius 2 is 2.16 bits per heavy atom. The summed E-state index contributed by atoms with van der Waals surface area (Å²) in [5.41, 5.74) is -0.607. The predicted molar refractivity (Wildman–Crippen MR) is 66.0 cm³/mol. The van der Waals surface area contributed by atoms with Crippen molar-refractivity contribution in [2.24, 2.45) is 0 Å². The molecule has 0 aliphatic carbocycles. The molecule has 8 nitrogen and oxygen atoms in total. The Morgan fingerprint density at radius 3 is 2.74 bits per heavy atom. The fourth-order valence-electron chi connectivity index (χ4n) is 2.04. The lowest BCUT2D eigenvalue weighted by atomic mass is 10.2.